The van der Waals surface area contributed by atoms with Crippen molar-refractivity contribution in [1.29, 1.82) is 0 Å². The molecule has 0 saturated carbocycles. The van der Waals surface area contributed by atoms with Crippen LogP contribution in [0.1, 0.15) is 44.9 Å². The predicted octanol–water partition coefficient (Wildman–Crippen LogP) is 4.14. The van der Waals surface area contributed by atoms with E-state index in [4.69, 9.17) is 4.74 Å². The van der Waals surface area contributed by atoms with Gasteiger partial charge in [0.2, 0.25) is 0 Å². The van der Waals surface area contributed by atoms with E-state index in [1.54, 1.807) is 45.9 Å². The van der Waals surface area contributed by atoms with Gasteiger partial charge in [-0.15, -0.1) is 0 Å². The summed E-state index contributed by atoms with van der Waals surface area (Å²) in [6.45, 7) is 9.08. The summed E-state index contributed by atoms with van der Waals surface area (Å²) >= 11 is 3.39. The zero-order valence-electron chi connectivity index (χ0n) is 13.5. The number of halogens is 1. The average molecular weight is 372 g/mol. The van der Waals surface area contributed by atoms with Crippen LogP contribution in [0.5, 0.6) is 0 Å². The van der Waals surface area contributed by atoms with Crippen molar-refractivity contribution in [3.63, 3.8) is 0 Å². The standard InChI is InChI=1S/C16H22BrNO4/c1-6-18(15(21)22-16(3,4)5)13(14(19)20)11-7-8-12(17)10(2)9-11/h7-9,13H,6H2,1-5H3,(H,19,20). The summed E-state index contributed by atoms with van der Waals surface area (Å²) in [6, 6.07) is 4.16. The lowest BCUT2D eigenvalue weighted by molar-refractivity contribution is -0.143. The van der Waals surface area contributed by atoms with E-state index < -0.39 is 23.7 Å². The zero-order chi connectivity index (χ0) is 17.1. The van der Waals surface area contributed by atoms with Gasteiger partial charge >= 0.3 is 12.1 Å². The second-order valence-corrected chi connectivity index (χ2v) is 6.87. The van der Waals surface area contributed by atoms with Gasteiger partial charge in [-0.1, -0.05) is 28.1 Å². The highest BCUT2D eigenvalue weighted by Crippen LogP contribution is 2.27. The van der Waals surface area contributed by atoms with Crippen molar-refractivity contribution < 1.29 is 19.4 Å². The van der Waals surface area contributed by atoms with Crippen molar-refractivity contribution in [2.24, 2.45) is 0 Å². The van der Waals surface area contributed by atoms with Crippen molar-refractivity contribution in [1.82, 2.24) is 4.90 Å². The van der Waals surface area contributed by atoms with Crippen molar-refractivity contribution in [2.45, 2.75) is 46.3 Å². The summed E-state index contributed by atoms with van der Waals surface area (Å²) in [7, 11) is 0. The summed E-state index contributed by atoms with van der Waals surface area (Å²) in [5.41, 5.74) is 0.772. The maximum atomic E-state index is 12.3. The number of carboxylic acids is 1. The highest BCUT2D eigenvalue weighted by Gasteiger charge is 2.33. The van der Waals surface area contributed by atoms with Crippen LogP contribution in [0.25, 0.3) is 0 Å². The monoisotopic (exact) mass is 371 g/mol. The first-order valence-corrected chi connectivity index (χ1v) is 7.84. The molecular formula is C16H22BrNO4. The molecule has 0 radical (unpaired) electrons. The van der Waals surface area contributed by atoms with Crippen LogP contribution in [0.4, 0.5) is 4.79 Å². The number of aryl methyl sites for hydroxylation is 1. The minimum atomic E-state index is -1.09. The van der Waals surface area contributed by atoms with Crippen LogP contribution in [-0.4, -0.2) is 34.2 Å². The van der Waals surface area contributed by atoms with E-state index in [-0.39, 0.29) is 6.54 Å². The highest BCUT2D eigenvalue weighted by atomic mass is 79.9. The first kappa shape index (κ1) is 18.5. The molecule has 6 heteroatoms. The Morgan fingerprint density at radius 1 is 1.36 bits per heavy atom. The van der Waals surface area contributed by atoms with E-state index in [1.807, 2.05) is 6.92 Å². The topological polar surface area (TPSA) is 66.8 Å². The first-order valence-electron chi connectivity index (χ1n) is 7.05. The largest absolute Gasteiger partial charge is 0.479 e. The van der Waals surface area contributed by atoms with Gasteiger partial charge < -0.3 is 9.84 Å². The third-order valence-corrected chi connectivity index (χ3v) is 3.90. The number of rotatable bonds is 4. The molecule has 0 fully saturated rings. The number of ether oxygens (including phenoxy) is 1. The molecule has 22 heavy (non-hydrogen) atoms. The third-order valence-electron chi connectivity index (χ3n) is 3.01. The molecule has 0 aromatic heterocycles. The Morgan fingerprint density at radius 3 is 2.36 bits per heavy atom. The summed E-state index contributed by atoms with van der Waals surface area (Å²) in [6.07, 6.45) is -0.636. The lowest BCUT2D eigenvalue weighted by Gasteiger charge is -2.31. The van der Waals surface area contributed by atoms with E-state index in [0.717, 1.165) is 10.0 Å². The van der Waals surface area contributed by atoms with E-state index in [0.29, 0.717) is 5.56 Å². The molecule has 0 saturated heterocycles. The molecule has 1 aromatic rings. The Balaban J connectivity index is 3.18. The van der Waals surface area contributed by atoms with Gasteiger partial charge in [-0.05, 0) is 51.8 Å². The molecule has 1 aromatic carbocycles. The van der Waals surface area contributed by atoms with Crippen molar-refractivity contribution >= 4 is 28.0 Å². The van der Waals surface area contributed by atoms with Gasteiger partial charge in [0.1, 0.15) is 5.60 Å². The van der Waals surface area contributed by atoms with Gasteiger partial charge in [0.15, 0.2) is 6.04 Å². The van der Waals surface area contributed by atoms with Crippen LogP contribution in [-0.2, 0) is 9.53 Å². The van der Waals surface area contributed by atoms with Gasteiger partial charge in [-0.3, -0.25) is 4.90 Å². The van der Waals surface area contributed by atoms with Gasteiger partial charge in [-0.2, -0.15) is 0 Å². The smallest absolute Gasteiger partial charge is 0.411 e. The first-order chi connectivity index (χ1) is 10.1. The third kappa shape index (κ3) is 4.73. The van der Waals surface area contributed by atoms with Crippen LogP contribution in [0.3, 0.4) is 0 Å². The predicted molar refractivity (Wildman–Crippen MR) is 87.9 cm³/mol. The lowest BCUT2D eigenvalue weighted by atomic mass is 10.0. The molecule has 1 N–H and O–H groups in total. The lowest BCUT2D eigenvalue weighted by Crippen LogP contribution is -2.42. The van der Waals surface area contributed by atoms with E-state index in [9.17, 15) is 14.7 Å². The Morgan fingerprint density at radius 2 is 1.95 bits per heavy atom. The molecule has 1 unspecified atom stereocenters. The molecule has 1 atom stereocenters. The van der Waals surface area contributed by atoms with Crippen LogP contribution in [0.15, 0.2) is 22.7 Å². The molecule has 0 spiro atoms. The number of hydrogen-bond donors (Lipinski definition) is 1. The number of carbonyl (C=O) groups is 2. The molecule has 0 heterocycles. The minimum Gasteiger partial charge on any atom is -0.479 e. The average Bonchev–Trinajstić information content (AvgIpc) is 2.36. The second kappa shape index (κ2) is 7.13. The van der Waals surface area contributed by atoms with Crippen LogP contribution in [0, 0.1) is 6.92 Å². The minimum absolute atomic E-state index is 0.237. The molecule has 1 rings (SSSR count). The van der Waals surface area contributed by atoms with Crippen LogP contribution in [0.2, 0.25) is 0 Å². The molecule has 0 aliphatic heterocycles. The number of likely N-dealkylation sites (N-methyl/N-ethyl adjacent to an activating group) is 1. The number of nitrogens with zero attached hydrogens (tertiary/aromatic N) is 1. The highest BCUT2D eigenvalue weighted by molar-refractivity contribution is 9.10. The molecule has 0 aliphatic rings. The number of amides is 1. The van der Waals surface area contributed by atoms with Crippen molar-refractivity contribution in [3.05, 3.63) is 33.8 Å². The van der Waals surface area contributed by atoms with Crippen molar-refractivity contribution in [2.75, 3.05) is 6.54 Å². The number of carboxylic acid groups (broad SMARTS) is 1. The molecule has 0 aliphatic carbocycles. The van der Waals surface area contributed by atoms with Gasteiger partial charge in [0.25, 0.3) is 0 Å². The molecular weight excluding hydrogens is 350 g/mol. The fourth-order valence-corrected chi connectivity index (χ4v) is 2.28. The Labute approximate surface area is 139 Å². The van der Waals surface area contributed by atoms with Gasteiger partial charge in [0.05, 0.1) is 0 Å². The van der Waals surface area contributed by atoms with Crippen LogP contribution >= 0.6 is 15.9 Å². The van der Waals surface area contributed by atoms with E-state index in [2.05, 4.69) is 15.9 Å². The molecule has 5 nitrogen and oxygen atoms in total. The van der Waals surface area contributed by atoms with Gasteiger partial charge in [0, 0.05) is 11.0 Å². The quantitative estimate of drug-likeness (QED) is 0.863. The zero-order valence-corrected chi connectivity index (χ0v) is 15.1. The van der Waals surface area contributed by atoms with Gasteiger partial charge in [-0.25, -0.2) is 9.59 Å². The Kier molecular flexibility index (Phi) is 6.00. The van der Waals surface area contributed by atoms with E-state index >= 15 is 0 Å². The Bertz CT molecular complexity index is 566. The normalized spacial score (nSPS) is 12.6. The Hall–Kier alpha value is -1.56. The fraction of sp³-hybridized carbons (Fsp3) is 0.500. The number of carbonyl (C=O) groups excluding carboxylic acids is 1. The maximum absolute atomic E-state index is 12.3. The summed E-state index contributed by atoms with van der Waals surface area (Å²) in [5.74, 6) is -1.09. The summed E-state index contributed by atoms with van der Waals surface area (Å²) in [4.78, 5) is 25.2. The summed E-state index contributed by atoms with van der Waals surface area (Å²) in [5, 5.41) is 9.57. The molecule has 1 amide bonds. The molecule has 0 bridgehead atoms. The number of benzene rings is 1. The van der Waals surface area contributed by atoms with E-state index in [1.165, 1.54) is 4.90 Å². The second-order valence-electron chi connectivity index (χ2n) is 6.02. The SMILES string of the molecule is CCN(C(=O)OC(C)(C)C)C(C(=O)O)c1ccc(Br)c(C)c1. The summed E-state index contributed by atoms with van der Waals surface area (Å²) < 4.78 is 6.20. The maximum Gasteiger partial charge on any atom is 0.411 e. The molecule has 122 valence electrons. The number of aliphatic carboxylic acids is 1. The van der Waals surface area contributed by atoms with Crippen molar-refractivity contribution in [3.8, 4) is 0 Å². The fourth-order valence-electron chi connectivity index (χ4n) is 2.03. The number of hydrogen-bond acceptors (Lipinski definition) is 3. The van der Waals surface area contributed by atoms with Crippen LogP contribution < -0.4 is 0 Å².